The Balaban J connectivity index is 1.75. The lowest BCUT2D eigenvalue weighted by atomic mass is 9.64. The van der Waals surface area contributed by atoms with Gasteiger partial charge in [-0.2, -0.15) is 0 Å². The average molecular weight is 303 g/mol. The Kier molecular flexibility index (Phi) is 4.65. The quantitative estimate of drug-likeness (QED) is 0.682. The van der Waals surface area contributed by atoms with E-state index in [2.05, 4.69) is 17.1 Å². The summed E-state index contributed by atoms with van der Waals surface area (Å²) in [7, 11) is 0. The third-order valence-corrected chi connectivity index (χ3v) is 5.04. The fraction of sp³-hybridized carbons (Fsp3) is 0.611. The normalized spacial score (nSPS) is 20.8. The molecule has 1 N–H and O–H groups in total. The minimum atomic E-state index is -0.160. The number of rotatable bonds is 4. The molecule has 1 saturated carbocycles. The first-order chi connectivity index (χ1) is 10.7. The van der Waals surface area contributed by atoms with Gasteiger partial charge in [0, 0.05) is 25.0 Å². The molecule has 1 aromatic carbocycles. The fourth-order valence-corrected chi connectivity index (χ4v) is 3.53. The van der Waals surface area contributed by atoms with Gasteiger partial charge >= 0.3 is 0 Å². The Morgan fingerprint density at radius 2 is 1.86 bits per heavy atom. The Morgan fingerprint density at radius 3 is 2.41 bits per heavy atom. The Hall–Kier alpha value is -1.58. The molecular weight excluding hydrogens is 277 g/mol. The third-order valence-electron chi connectivity index (χ3n) is 5.04. The first kappa shape index (κ1) is 15.3. The zero-order valence-corrected chi connectivity index (χ0v) is 13.4. The summed E-state index contributed by atoms with van der Waals surface area (Å²) in [6.45, 7) is 6.03. The number of guanidine groups is 1. The number of nitrogens with one attached hydrogen (secondary N) is 1. The van der Waals surface area contributed by atoms with Crippen molar-refractivity contribution in [3.63, 3.8) is 0 Å². The molecule has 1 aliphatic heterocycles. The molecule has 0 radical (unpaired) electrons. The maximum absolute atomic E-state index is 13.2. The van der Waals surface area contributed by atoms with Crippen LogP contribution < -0.4 is 5.32 Å². The van der Waals surface area contributed by atoms with E-state index in [9.17, 15) is 4.39 Å². The molecule has 0 bridgehead atoms. The van der Waals surface area contributed by atoms with Gasteiger partial charge in [-0.15, -0.1) is 0 Å². The second kappa shape index (κ2) is 6.67. The molecular formula is C18H26FN3. The number of aliphatic imine (C=N–C) groups is 1. The van der Waals surface area contributed by atoms with E-state index in [1.165, 1.54) is 24.8 Å². The van der Waals surface area contributed by atoms with E-state index in [1.807, 2.05) is 12.1 Å². The lowest BCUT2D eigenvalue weighted by Crippen LogP contribution is -2.42. The molecule has 120 valence electrons. The van der Waals surface area contributed by atoms with Crippen LogP contribution in [0.5, 0.6) is 0 Å². The zero-order valence-electron chi connectivity index (χ0n) is 13.4. The number of halogens is 1. The van der Waals surface area contributed by atoms with Gasteiger partial charge in [0.05, 0.1) is 6.54 Å². The van der Waals surface area contributed by atoms with Gasteiger partial charge < -0.3 is 10.2 Å². The maximum Gasteiger partial charge on any atom is 0.193 e. The number of hydrogen-bond donors (Lipinski definition) is 1. The summed E-state index contributed by atoms with van der Waals surface area (Å²) in [5, 5.41) is 3.42. The highest BCUT2D eigenvalue weighted by molar-refractivity contribution is 5.80. The summed E-state index contributed by atoms with van der Waals surface area (Å²) in [6.07, 6.45) is 6.07. The highest BCUT2D eigenvalue weighted by Crippen LogP contribution is 2.44. The lowest BCUT2D eigenvalue weighted by Gasteiger charge is -2.41. The summed E-state index contributed by atoms with van der Waals surface area (Å²) in [4.78, 5) is 7.29. The van der Waals surface area contributed by atoms with Crippen LogP contribution in [0, 0.1) is 5.82 Å². The molecule has 2 fully saturated rings. The fourth-order valence-electron chi connectivity index (χ4n) is 3.53. The number of hydrogen-bond acceptors (Lipinski definition) is 1. The molecule has 1 heterocycles. The van der Waals surface area contributed by atoms with Gasteiger partial charge in [-0.1, -0.05) is 18.6 Å². The molecule has 0 spiro atoms. The molecule has 1 saturated heterocycles. The van der Waals surface area contributed by atoms with Crippen LogP contribution in [0.3, 0.4) is 0 Å². The number of benzene rings is 1. The van der Waals surface area contributed by atoms with Crippen molar-refractivity contribution in [1.29, 1.82) is 0 Å². The van der Waals surface area contributed by atoms with Crippen LogP contribution in [-0.2, 0) is 5.41 Å². The Bertz CT molecular complexity index is 514. The van der Waals surface area contributed by atoms with Gasteiger partial charge in [-0.25, -0.2) is 4.39 Å². The standard InChI is InChI=1S/C18H26FN3/c1-2-20-17(22-12-3-4-13-22)21-14-18(10-5-11-18)15-6-8-16(19)9-7-15/h6-9H,2-5,10-14H2,1H3,(H,20,21). The Morgan fingerprint density at radius 1 is 1.18 bits per heavy atom. The molecule has 0 unspecified atom stereocenters. The van der Waals surface area contributed by atoms with Crippen molar-refractivity contribution in [3.05, 3.63) is 35.6 Å². The largest absolute Gasteiger partial charge is 0.357 e. The second-order valence-corrected chi connectivity index (χ2v) is 6.51. The van der Waals surface area contributed by atoms with Gasteiger partial charge in [0.25, 0.3) is 0 Å². The third kappa shape index (κ3) is 3.11. The van der Waals surface area contributed by atoms with Crippen molar-refractivity contribution in [1.82, 2.24) is 10.2 Å². The summed E-state index contributed by atoms with van der Waals surface area (Å²) in [5.41, 5.74) is 1.36. The first-order valence-corrected chi connectivity index (χ1v) is 8.53. The van der Waals surface area contributed by atoms with Crippen molar-refractivity contribution >= 4 is 5.96 Å². The van der Waals surface area contributed by atoms with Crippen LogP contribution in [0.4, 0.5) is 4.39 Å². The van der Waals surface area contributed by atoms with Crippen LogP contribution in [0.15, 0.2) is 29.3 Å². The molecule has 0 amide bonds. The van der Waals surface area contributed by atoms with E-state index in [-0.39, 0.29) is 11.2 Å². The predicted molar refractivity (Wildman–Crippen MR) is 88.7 cm³/mol. The molecule has 22 heavy (non-hydrogen) atoms. The van der Waals surface area contributed by atoms with E-state index >= 15 is 0 Å². The second-order valence-electron chi connectivity index (χ2n) is 6.51. The molecule has 0 atom stereocenters. The molecule has 1 aliphatic carbocycles. The van der Waals surface area contributed by atoms with Gasteiger partial charge in [0.15, 0.2) is 5.96 Å². The van der Waals surface area contributed by atoms with Gasteiger partial charge in [-0.3, -0.25) is 4.99 Å². The van der Waals surface area contributed by atoms with Crippen LogP contribution in [0.1, 0.15) is 44.6 Å². The van der Waals surface area contributed by atoms with Gasteiger partial charge in [0.1, 0.15) is 5.82 Å². The van der Waals surface area contributed by atoms with Gasteiger partial charge in [0.2, 0.25) is 0 Å². The summed E-state index contributed by atoms with van der Waals surface area (Å²) in [5.74, 6) is 0.889. The summed E-state index contributed by atoms with van der Waals surface area (Å²) < 4.78 is 13.2. The molecule has 1 aromatic rings. The number of nitrogens with zero attached hydrogens (tertiary/aromatic N) is 2. The average Bonchev–Trinajstić information content (AvgIpc) is 3.01. The van der Waals surface area contributed by atoms with Crippen LogP contribution in [-0.4, -0.2) is 37.0 Å². The highest BCUT2D eigenvalue weighted by Gasteiger charge is 2.38. The zero-order chi connectivity index (χ0) is 15.4. The summed E-state index contributed by atoms with van der Waals surface area (Å²) in [6, 6.07) is 7.02. The van der Waals surface area contributed by atoms with Crippen molar-refractivity contribution in [2.24, 2.45) is 4.99 Å². The molecule has 3 nitrogen and oxygen atoms in total. The van der Waals surface area contributed by atoms with E-state index in [4.69, 9.17) is 4.99 Å². The van der Waals surface area contributed by atoms with Crippen LogP contribution in [0.2, 0.25) is 0 Å². The van der Waals surface area contributed by atoms with Crippen molar-refractivity contribution in [2.45, 2.75) is 44.4 Å². The highest BCUT2D eigenvalue weighted by atomic mass is 19.1. The lowest BCUT2D eigenvalue weighted by molar-refractivity contribution is 0.252. The van der Waals surface area contributed by atoms with Gasteiger partial charge in [-0.05, 0) is 50.3 Å². The van der Waals surface area contributed by atoms with E-state index < -0.39 is 0 Å². The van der Waals surface area contributed by atoms with Crippen molar-refractivity contribution < 1.29 is 4.39 Å². The minimum Gasteiger partial charge on any atom is -0.357 e. The Labute approximate surface area is 132 Å². The maximum atomic E-state index is 13.2. The number of likely N-dealkylation sites (tertiary alicyclic amines) is 1. The monoisotopic (exact) mass is 303 g/mol. The molecule has 2 aliphatic rings. The predicted octanol–water partition coefficient (Wildman–Crippen LogP) is 3.31. The topological polar surface area (TPSA) is 27.6 Å². The van der Waals surface area contributed by atoms with E-state index in [0.717, 1.165) is 45.0 Å². The van der Waals surface area contributed by atoms with Crippen LogP contribution >= 0.6 is 0 Å². The minimum absolute atomic E-state index is 0.119. The SMILES string of the molecule is CCNC(=NCC1(c2ccc(F)cc2)CCC1)N1CCCC1. The first-order valence-electron chi connectivity index (χ1n) is 8.53. The van der Waals surface area contributed by atoms with Crippen molar-refractivity contribution in [3.8, 4) is 0 Å². The smallest absolute Gasteiger partial charge is 0.193 e. The van der Waals surface area contributed by atoms with E-state index in [1.54, 1.807) is 12.1 Å². The summed E-state index contributed by atoms with van der Waals surface area (Å²) >= 11 is 0. The molecule has 0 aromatic heterocycles. The van der Waals surface area contributed by atoms with Crippen LogP contribution in [0.25, 0.3) is 0 Å². The molecule has 3 rings (SSSR count). The van der Waals surface area contributed by atoms with Crippen molar-refractivity contribution in [2.75, 3.05) is 26.2 Å². The molecule has 4 heteroatoms. The van der Waals surface area contributed by atoms with E-state index in [0.29, 0.717) is 0 Å².